The standard InChI is InChI=1S/C18H24O2/c1-13(2)17(19)20-18(4,15-7-5-6-8-15)16-11-9-14(3)10-12-16/h9-12,15H,1,5-8H2,2-4H3. The molecule has 2 nitrogen and oxygen atoms in total. The van der Waals surface area contributed by atoms with Crippen LogP contribution in [0, 0.1) is 12.8 Å². The van der Waals surface area contributed by atoms with Gasteiger partial charge < -0.3 is 4.74 Å². The Kier molecular flexibility index (Phi) is 4.32. The minimum Gasteiger partial charge on any atom is -0.451 e. The average molecular weight is 272 g/mol. The third-order valence-electron chi connectivity index (χ3n) is 4.41. The van der Waals surface area contributed by atoms with Gasteiger partial charge in [-0.1, -0.05) is 49.2 Å². The second kappa shape index (κ2) is 5.82. The van der Waals surface area contributed by atoms with Crippen LogP contribution in [0.2, 0.25) is 0 Å². The van der Waals surface area contributed by atoms with Gasteiger partial charge in [0.15, 0.2) is 0 Å². The number of ether oxygens (including phenoxy) is 1. The maximum Gasteiger partial charge on any atom is 0.333 e. The molecule has 0 radical (unpaired) electrons. The van der Waals surface area contributed by atoms with Crippen LogP contribution >= 0.6 is 0 Å². The summed E-state index contributed by atoms with van der Waals surface area (Å²) in [5, 5.41) is 0. The molecule has 0 aromatic heterocycles. The Bertz CT molecular complexity index is 495. The fourth-order valence-corrected chi connectivity index (χ4v) is 3.02. The molecule has 1 aromatic rings. The predicted molar refractivity (Wildman–Crippen MR) is 81.4 cm³/mol. The Hall–Kier alpha value is -1.57. The van der Waals surface area contributed by atoms with Gasteiger partial charge in [-0.2, -0.15) is 0 Å². The van der Waals surface area contributed by atoms with Crippen molar-refractivity contribution < 1.29 is 9.53 Å². The van der Waals surface area contributed by atoms with Crippen LogP contribution in [-0.2, 0) is 15.1 Å². The van der Waals surface area contributed by atoms with Gasteiger partial charge in [-0.3, -0.25) is 0 Å². The van der Waals surface area contributed by atoms with Crippen LogP contribution < -0.4 is 0 Å². The van der Waals surface area contributed by atoms with Crippen molar-refractivity contribution in [1.29, 1.82) is 0 Å². The Morgan fingerprint density at radius 1 is 1.25 bits per heavy atom. The van der Waals surface area contributed by atoms with Crippen molar-refractivity contribution in [3.05, 3.63) is 47.5 Å². The molecule has 2 rings (SSSR count). The van der Waals surface area contributed by atoms with E-state index >= 15 is 0 Å². The SMILES string of the molecule is C=C(C)C(=O)OC(C)(c1ccc(C)cc1)C1CCCC1. The number of benzene rings is 1. The lowest BCUT2D eigenvalue weighted by Gasteiger charge is -2.36. The van der Waals surface area contributed by atoms with Crippen molar-refractivity contribution in [2.24, 2.45) is 5.92 Å². The molecule has 0 spiro atoms. The molecule has 0 saturated heterocycles. The molecule has 0 N–H and O–H groups in total. The summed E-state index contributed by atoms with van der Waals surface area (Å²) in [5.74, 6) is 0.105. The Morgan fingerprint density at radius 3 is 2.30 bits per heavy atom. The van der Waals surface area contributed by atoms with Crippen molar-refractivity contribution in [2.45, 2.75) is 52.1 Å². The van der Waals surface area contributed by atoms with E-state index in [0.717, 1.165) is 18.4 Å². The molecule has 1 unspecified atom stereocenters. The predicted octanol–water partition coefficient (Wildman–Crippen LogP) is 4.52. The van der Waals surface area contributed by atoms with Crippen molar-refractivity contribution in [1.82, 2.24) is 0 Å². The number of hydrogen-bond acceptors (Lipinski definition) is 2. The summed E-state index contributed by atoms with van der Waals surface area (Å²) in [6.07, 6.45) is 4.68. The van der Waals surface area contributed by atoms with Gasteiger partial charge in [-0.25, -0.2) is 4.79 Å². The van der Waals surface area contributed by atoms with E-state index in [4.69, 9.17) is 4.74 Å². The second-order valence-corrected chi connectivity index (χ2v) is 6.12. The molecular weight excluding hydrogens is 248 g/mol. The summed E-state index contributed by atoms with van der Waals surface area (Å²) < 4.78 is 5.87. The van der Waals surface area contributed by atoms with Crippen LogP contribution in [0.4, 0.5) is 0 Å². The van der Waals surface area contributed by atoms with E-state index in [1.54, 1.807) is 6.92 Å². The smallest absolute Gasteiger partial charge is 0.333 e. The largest absolute Gasteiger partial charge is 0.451 e. The second-order valence-electron chi connectivity index (χ2n) is 6.12. The highest BCUT2D eigenvalue weighted by atomic mass is 16.6. The highest BCUT2D eigenvalue weighted by molar-refractivity contribution is 5.87. The maximum atomic E-state index is 12.0. The summed E-state index contributed by atoms with van der Waals surface area (Å²) in [4.78, 5) is 12.0. The van der Waals surface area contributed by atoms with Crippen LogP contribution in [0.3, 0.4) is 0 Å². The van der Waals surface area contributed by atoms with Crippen LogP contribution in [-0.4, -0.2) is 5.97 Å². The van der Waals surface area contributed by atoms with Crippen LogP contribution in [0.5, 0.6) is 0 Å². The van der Waals surface area contributed by atoms with E-state index in [0.29, 0.717) is 11.5 Å². The maximum absolute atomic E-state index is 12.0. The minimum atomic E-state index is -0.541. The lowest BCUT2D eigenvalue weighted by Crippen LogP contribution is -2.36. The first kappa shape index (κ1) is 14.8. The number of aryl methyl sites for hydroxylation is 1. The van der Waals surface area contributed by atoms with E-state index in [9.17, 15) is 4.79 Å². The zero-order valence-corrected chi connectivity index (χ0v) is 12.7. The molecule has 2 heteroatoms. The van der Waals surface area contributed by atoms with Crippen molar-refractivity contribution >= 4 is 5.97 Å². The summed E-state index contributed by atoms with van der Waals surface area (Å²) in [5.41, 5.74) is 2.22. The molecule has 1 aliphatic rings. The number of carbonyl (C=O) groups is 1. The summed E-state index contributed by atoms with van der Waals surface area (Å²) >= 11 is 0. The van der Waals surface area contributed by atoms with Gasteiger partial charge in [0.25, 0.3) is 0 Å². The van der Waals surface area contributed by atoms with Gasteiger partial charge in [0.1, 0.15) is 5.60 Å². The minimum absolute atomic E-state index is 0.292. The van der Waals surface area contributed by atoms with E-state index in [1.165, 1.54) is 18.4 Å². The zero-order chi connectivity index (χ0) is 14.8. The van der Waals surface area contributed by atoms with E-state index in [1.807, 2.05) is 0 Å². The first-order valence-corrected chi connectivity index (χ1v) is 7.39. The molecule has 0 bridgehead atoms. The van der Waals surface area contributed by atoms with Gasteiger partial charge in [-0.05, 0) is 39.2 Å². The summed E-state index contributed by atoms with van der Waals surface area (Å²) in [6.45, 7) is 9.52. The molecule has 0 amide bonds. The van der Waals surface area contributed by atoms with Gasteiger partial charge in [-0.15, -0.1) is 0 Å². The molecule has 0 heterocycles. The highest BCUT2D eigenvalue weighted by Gasteiger charge is 2.41. The molecule has 0 aliphatic heterocycles. The van der Waals surface area contributed by atoms with Crippen LogP contribution in [0.1, 0.15) is 50.7 Å². The Labute approximate surface area is 121 Å². The zero-order valence-electron chi connectivity index (χ0n) is 12.7. The lowest BCUT2D eigenvalue weighted by atomic mass is 9.81. The third kappa shape index (κ3) is 2.95. The van der Waals surface area contributed by atoms with Crippen LogP contribution in [0.25, 0.3) is 0 Å². The fourth-order valence-electron chi connectivity index (χ4n) is 3.02. The van der Waals surface area contributed by atoms with Crippen molar-refractivity contribution in [2.75, 3.05) is 0 Å². The number of esters is 1. The molecule has 1 atom stereocenters. The molecule has 1 aromatic carbocycles. The monoisotopic (exact) mass is 272 g/mol. The fraction of sp³-hybridized carbons (Fsp3) is 0.500. The quantitative estimate of drug-likeness (QED) is 0.595. The van der Waals surface area contributed by atoms with Crippen molar-refractivity contribution in [3.63, 3.8) is 0 Å². The van der Waals surface area contributed by atoms with E-state index < -0.39 is 5.60 Å². The molecular formula is C18H24O2. The third-order valence-corrected chi connectivity index (χ3v) is 4.41. The molecule has 1 fully saturated rings. The average Bonchev–Trinajstić information content (AvgIpc) is 2.93. The van der Waals surface area contributed by atoms with Crippen molar-refractivity contribution in [3.8, 4) is 0 Å². The first-order chi connectivity index (χ1) is 9.43. The molecule has 1 saturated carbocycles. The molecule has 1 aliphatic carbocycles. The number of carbonyl (C=O) groups excluding carboxylic acids is 1. The Balaban J connectivity index is 2.34. The topological polar surface area (TPSA) is 26.3 Å². The van der Waals surface area contributed by atoms with Gasteiger partial charge >= 0.3 is 5.97 Å². The number of hydrogen-bond donors (Lipinski definition) is 0. The molecule has 108 valence electrons. The van der Waals surface area contributed by atoms with Gasteiger partial charge in [0.05, 0.1) is 0 Å². The highest BCUT2D eigenvalue weighted by Crippen LogP contribution is 2.43. The van der Waals surface area contributed by atoms with Gasteiger partial charge in [0.2, 0.25) is 0 Å². The summed E-state index contributed by atoms with van der Waals surface area (Å²) in [6, 6.07) is 8.33. The Morgan fingerprint density at radius 2 is 1.80 bits per heavy atom. The molecule has 20 heavy (non-hydrogen) atoms. The van der Waals surface area contributed by atoms with Crippen LogP contribution in [0.15, 0.2) is 36.4 Å². The normalized spacial score (nSPS) is 18.6. The van der Waals surface area contributed by atoms with E-state index in [2.05, 4.69) is 44.7 Å². The first-order valence-electron chi connectivity index (χ1n) is 7.39. The van der Waals surface area contributed by atoms with E-state index in [-0.39, 0.29) is 5.97 Å². The number of rotatable bonds is 4. The summed E-state index contributed by atoms with van der Waals surface area (Å²) in [7, 11) is 0. The van der Waals surface area contributed by atoms with Gasteiger partial charge in [0, 0.05) is 11.5 Å². The lowest BCUT2D eigenvalue weighted by molar-refractivity contribution is -0.160.